The van der Waals surface area contributed by atoms with E-state index in [1.54, 1.807) is 5.48 Å². The van der Waals surface area contributed by atoms with Crippen molar-refractivity contribution in [1.82, 2.24) is 20.5 Å². The molecule has 0 aliphatic carbocycles. The van der Waals surface area contributed by atoms with Crippen molar-refractivity contribution >= 4 is 5.91 Å². The van der Waals surface area contributed by atoms with Crippen LogP contribution in [0.15, 0.2) is 60.8 Å². The number of nitrogens with one attached hydrogen (secondary N) is 1. The van der Waals surface area contributed by atoms with Crippen LogP contribution in [0.4, 0.5) is 0 Å². The van der Waals surface area contributed by atoms with E-state index in [4.69, 9.17) is 5.21 Å². The molecule has 6 heteroatoms. The molecule has 0 aliphatic rings. The Bertz CT molecular complexity index is 893. The minimum Gasteiger partial charge on any atom is -0.289 e. The molecule has 0 fully saturated rings. The van der Waals surface area contributed by atoms with E-state index >= 15 is 0 Å². The van der Waals surface area contributed by atoms with Crippen LogP contribution >= 0.6 is 0 Å². The molecule has 0 atom stereocenters. The predicted molar refractivity (Wildman–Crippen MR) is 113 cm³/mol. The van der Waals surface area contributed by atoms with Crippen LogP contribution < -0.4 is 5.48 Å². The lowest BCUT2D eigenvalue weighted by Crippen LogP contribution is -2.17. The summed E-state index contributed by atoms with van der Waals surface area (Å²) in [5.41, 5.74) is 6.00. The third-order valence-electron chi connectivity index (χ3n) is 4.97. The van der Waals surface area contributed by atoms with Gasteiger partial charge in [0, 0.05) is 18.5 Å². The van der Waals surface area contributed by atoms with Gasteiger partial charge in [-0.05, 0) is 30.0 Å². The number of rotatable bonds is 11. The van der Waals surface area contributed by atoms with Gasteiger partial charge in [0.1, 0.15) is 5.69 Å². The highest BCUT2D eigenvalue weighted by atomic mass is 16.5. The van der Waals surface area contributed by atoms with Crippen molar-refractivity contribution in [2.45, 2.75) is 51.5 Å². The van der Waals surface area contributed by atoms with Crippen LogP contribution in [0.1, 0.15) is 44.9 Å². The van der Waals surface area contributed by atoms with E-state index in [2.05, 4.69) is 46.7 Å². The van der Waals surface area contributed by atoms with Gasteiger partial charge in [-0.1, -0.05) is 79.4 Å². The predicted octanol–water partition coefficient (Wildman–Crippen LogP) is 4.85. The minimum absolute atomic E-state index is 0.304. The van der Waals surface area contributed by atoms with Crippen molar-refractivity contribution in [2.75, 3.05) is 0 Å². The van der Waals surface area contributed by atoms with E-state index in [9.17, 15) is 4.79 Å². The van der Waals surface area contributed by atoms with Crippen LogP contribution in [-0.4, -0.2) is 26.1 Å². The third-order valence-corrected chi connectivity index (χ3v) is 4.97. The van der Waals surface area contributed by atoms with E-state index in [-0.39, 0.29) is 5.91 Å². The molecule has 0 aliphatic heterocycles. The zero-order chi connectivity index (χ0) is 20.3. The summed E-state index contributed by atoms with van der Waals surface area (Å²) >= 11 is 0. The van der Waals surface area contributed by atoms with Crippen LogP contribution in [0.25, 0.3) is 22.4 Å². The molecule has 0 unspecified atom stereocenters. The van der Waals surface area contributed by atoms with E-state index in [0.29, 0.717) is 6.42 Å². The number of unbranched alkanes of at least 4 members (excludes halogenated alkanes) is 5. The molecule has 29 heavy (non-hydrogen) atoms. The summed E-state index contributed by atoms with van der Waals surface area (Å²) < 4.78 is 1.91. The van der Waals surface area contributed by atoms with Gasteiger partial charge in [0.2, 0.25) is 5.91 Å². The fourth-order valence-electron chi connectivity index (χ4n) is 3.35. The van der Waals surface area contributed by atoms with Gasteiger partial charge in [0.15, 0.2) is 0 Å². The first kappa shape index (κ1) is 20.7. The van der Waals surface area contributed by atoms with Gasteiger partial charge in [-0.3, -0.25) is 14.7 Å². The van der Waals surface area contributed by atoms with Crippen molar-refractivity contribution in [3.63, 3.8) is 0 Å². The Hall–Kier alpha value is -2.99. The van der Waals surface area contributed by atoms with E-state index in [1.807, 2.05) is 29.1 Å². The van der Waals surface area contributed by atoms with Crippen molar-refractivity contribution in [1.29, 1.82) is 0 Å². The smallest absolute Gasteiger partial charge is 0.243 e. The molecule has 6 nitrogen and oxygen atoms in total. The average molecular weight is 393 g/mol. The highest BCUT2D eigenvalue weighted by Gasteiger charge is 2.06. The molecular weight excluding hydrogens is 364 g/mol. The number of hydrogen-bond donors (Lipinski definition) is 2. The van der Waals surface area contributed by atoms with Gasteiger partial charge in [-0.2, -0.15) is 0 Å². The Morgan fingerprint density at radius 1 is 0.862 bits per heavy atom. The van der Waals surface area contributed by atoms with Gasteiger partial charge in [0.25, 0.3) is 0 Å². The molecule has 3 rings (SSSR count). The summed E-state index contributed by atoms with van der Waals surface area (Å²) in [6, 6.07) is 18.7. The first-order chi connectivity index (χ1) is 14.3. The summed E-state index contributed by atoms with van der Waals surface area (Å²) in [7, 11) is 0. The molecular formula is C23H28N4O2. The molecule has 1 aromatic heterocycles. The zero-order valence-electron chi connectivity index (χ0n) is 16.6. The summed E-state index contributed by atoms with van der Waals surface area (Å²) in [4.78, 5) is 10.9. The Morgan fingerprint density at radius 3 is 2.34 bits per heavy atom. The molecule has 152 valence electrons. The molecule has 3 aromatic rings. The summed E-state index contributed by atoms with van der Waals surface area (Å²) in [6.07, 6.45) is 8.67. The Balaban J connectivity index is 1.43. The third kappa shape index (κ3) is 6.54. The lowest BCUT2D eigenvalue weighted by molar-refractivity contribution is -0.129. The number of nitrogens with zero attached hydrogens (tertiary/aromatic N) is 3. The second-order valence-electron chi connectivity index (χ2n) is 7.22. The molecule has 0 spiro atoms. The zero-order valence-corrected chi connectivity index (χ0v) is 16.6. The first-order valence-electron chi connectivity index (χ1n) is 10.3. The lowest BCUT2D eigenvalue weighted by atomic mass is 10.0. The van der Waals surface area contributed by atoms with Crippen LogP contribution in [0.3, 0.4) is 0 Å². The summed E-state index contributed by atoms with van der Waals surface area (Å²) in [6.45, 7) is 0.859. The van der Waals surface area contributed by atoms with Crippen LogP contribution in [-0.2, 0) is 11.3 Å². The van der Waals surface area contributed by atoms with Crippen LogP contribution in [0.2, 0.25) is 0 Å². The molecule has 0 saturated heterocycles. The number of amides is 1. The fraction of sp³-hybridized carbons (Fsp3) is 0.348. The molecule has 0 saturated carbocycles. The SMILES string of the molecule is O=C(CCCCCCCCn1cc(-c2cccc(-c3ccccc3)c2)nn1)NO. The monoisotopic (exact) mass is 392 g/mol. The second kappa shape index (κ2) is 11.1. The first-order valence-corrected chi connectivity index (χ1v) is 10.3. The average Bonchev–Trinajstić information content (AvgIpc) is 3.25. The Kier molecular flexibility index (Phi) is 7.95. The van der Waals surface area contributed by atoms with Crippen LogP contribution in [0, 0.1) is 0 Å². The van der Waals surface area contributed by atoms with Crippen molar-refractivity contribution < 1.29 is 10.0 Å². The van der Waals surface area contributed by atoms with E-state index in [0.717, 1.165) is 56.3 Å². The van der Waals surface area contributed by atoms with Gasteiger partial charge < -0.3 is 0 Å². The Morgan fingerprint density at radius 2 is 1.55 bits per heavy atom. The Labute approximate surface area is 171 Å². The van der Waals surface area contributed by atoms with Crippen LogP contribution in [0.5, 0.6) is 0 Å². The van der Waals surface area contributed by atoms with Crippen molar-refractivity contribution in [3.8, 4) is 22.4 Å². The van der Waals surface area contributed by atoms with E-state index < -0.39 is 0 Å². The van der Waals surface area contributed by atoms with Gasteiger partial charge in [0.05, 0.1) is 6.20 Å². The van der Waals surface area contributed by atoms with Crippen molar-refractivity contribution in [3.05, 3.63) is 60.8 Å². The number of benzene rings is 2. The minimum atomic E-state index is -0.304. The van der Waals surface area contributed by atoms with Gasteiger partial charge >= 0.3 is 0 Å². The van der Waals surface area contributed by atoms with Gasteiger partial charge in [-0.15, -0.1) is 5.10 Å². The topological polar surface area (TPSA) is 80.0 Å². The van der Waals surface area contributed by atoms with Crippen molar-refractivity contribution in [2.24, 2.45) is 0 Å². The maximum atomic E-state index is 10.9. The normalized spacial score (nSPS) is 10.8. The molecule has 1 heterocycles. The molecule has 1 amide bonds. The summed E-state index contributed by atoms with van der Waals surface area (Å²) in [5, 5.41) is 17.1. The van der Waals surface area contributed by atoms with E-state index in [1.165, 1.54) is 11.1 Å². The standard InChI is InChI=1S/C23H28N4O2/c28-23(25-29)15-8-3-1-2-4-9-16-27-18-22(24-26-27)21-14-10-13-20(17-21)19-11-6-5-7-12-19/h5-7,10-14,17-18,29H,1-4,8-9,15-16H2,(H,25,28). The number of hydroxylamine groups is 1. The maximum absolute atomic E-state index is 10.9. The maximum Gasteiger partial charge on any atom is 0.243 e. The summed E-state index contributed by atoms with van der Waals surface area (Å²) in [5.74, 6) is -0.304. The lowest BCUT2D eigenvalue weighted by Gasteiger charge is -2.03. The van der Waals surface area contributed by atoms with Gasteiger partial charge in [-0.25, -0.2) is 5.48 Å². The number of aromatic nitrogens is 3. The fourth-order valence-corrected chi connectivity index (χ4v) is 3.35. The molecule has 0 bridgehead atoms. The largest absolute Gasteiger partial charge is 0.289 e. The number of carbonyl (C=O) groups excluding carboxylic acids is 1. The number of aryl methyl sites for hydroxylation is 1. The number of hydrogen-bond acceptors (Lipinski definition) is 4. The molecule has 2 aromatic carbocycles. The highest BCUT2D eigenvalue weighted by Crippen LogP contribution is 2.25. The molecule has 0 radical (unpaired) electrons. The second-order valence-corrected chi connectivity index (χ2v) is 7.22. The highest BCUT2D eigenvalue weighted by molar-refractivity contribution is 5.74. The molecule has 2 N–H and O–H groups in total. The quantitative estimate of drug-likeness (QED) is 0.278. The number of carbonyl (C=O) groups is 1.